The first-order valence-electron chi connectivity index (χ1n) is 10.7. The molecule has 0 aromatic rings. The van der Waals surface area contributed by atoms with E-state index in [2.05, 4.69) is 0 Å². The molecular weight excluding hydrogens is 444 g/mol. The van der Waals surface area contributed by atoms with E-state index in [1.54, 1.807) is 0 Å². The number of ether oxygens (including phenoxy) is 9. The van der Waals surface area contributed by atoms with Crippen LogP contribution in [-0.4, -0.2) is 99.3 Å². The SMILES string of the molecule is COCCOCOC(=O)C1CC(C(=O)OCOCCOC)CC(C(=O)OCOCCOC)C1. The van der Waals surface area contributed by atoms with Crippen LogP contribution in [0.25, 0.3) is 0 Å². The van der Waals surface area contributed by atoms with Crippen molar-refractivity contribution in [3.8, 4) is 0 Å². The first-order chi connectivity index (χ1) is 16.0. The number of hydrogen-bond acceptors (Lipinski definition) is 12. The van der Waals surface area contributed by atoms with Crippen LogP contribution < -0.4 is 0 Å². The van der Waals surface area contributed by atoms with Crippen LogP contribution in [0, 0.1) is 17.8 Å². The third-order valence-electron chi connectivity index (χ3n) is 4.86. The molecule has 12 heteroatoms. The lowest BCUT2D eigenvalue weighted by Crippen LogP contribution is -2.37. The van der Waals surface area contributed by atoms with E-state index in [1.165, 1.54) is 21.3 Å². The number of esters is 3. The topological polar surface area (TPSA) is 134 Å². The van der Waals surface area contributed by atoms with E-state index >= 15 is 0 Å². The van der Waals surface area contributed by atoms with Gasteiger partial charge in [-0.15, -0.1) is 0 Å². The van der Waals surface area contributed by atoms with Crippen LogP contribution in [-0.2, 0) is 57.0 Å². The summed E-state index contributed by atoms with van der Waals surface area (Å²) in [7, 11) is 4.59. The van der Waals surface area contributed by atoms with Gasteiger partial charge in [0.15, 0.2) is 20.4 Å². The Hall–Kier alpha value is -1.83. The van der Waals surface area contributed by atoms with Crippen LogP contribution >= 0.6 is 0 Å². The molecule has 0 saturated heterocycles. The molecule has 1 saturated carbocycles. The Kier molecular flexibility index (Phi) is 16.4. The molecule has 1 fully saturated rings. The van der Waals surface area contributed by atoms with E-state index < -0.39 is 35.7 Å². The highest BCUT2D eigenvalue weighted by Crippen LogP contribution is 2.35. The third kappa shape index (κ3) is 12.8. The van der Waals surface area contributed by atoms with Crippen molar-refractivity contribution in [2.45, 2.75) is 19.3 Å². The molecule has 0 atom stereocenters. The number of carbonyl (C=O) groups is 3. The third-order valence-corrected chi connectivity index (χ3v) is 4.86. The molecular formula is C21H36O12. The second-order valence-electron chi connectivity index (χ2n) is 7.24. The summed E-state index contributed by atoms with van der Waals surface area (Å²) in [6.45, 7) is 1.15. The fourth-order valence-electron chi connectivity index (χ4n) is 3.15. The molecule has 1 aliphatic carbocycles. The van der Waals surface area contributed by atoms with Gasteiger partial charge in [0.2, 0.25) is 0 Å². The summed E-state index contributed by atoms with van der Waals surface area (Å²) in [5, 5.41) is 0. The van der Waals surface area contributed by atoms with E-state index in [0.29, 0.717) is 19.8 Å². The summed E-state index contributed by atoms with van der Waals surface area (Å²) >= 11 is 0. The van der Waals surface area contributed by atoms with E-state index in [0.717, 1.165) is 0 Å². The van der Waals surface area contributed by atoms with Crippen LogP contribution in [0.15, 0.2) is 0 Å². The largest absolute Gasteiger partial charge is 0.438 e. The molecule has 1 rings (SSSR count). The summed E-state index contributed by atoms with van der Waals surface area (Å²) in [5.74, 6) is -3.75. The van der Waals surface area contributed by atoms with Gasteiger partial charge in [-0.2, -0.15) is 0 Å². The van der Waals surface area contributed by atoms with Crippen LogP contribution in [0.4, 0.5) is 0 Å². The molecule has 0 amide bonds. The van der Waals surface area contributed by atoms with Crippen LogP contribution in [0.2, 0.25) is 0 Å². The molecule has 0 spiro atoms. The Bertz CT molecular complexity index is 473. The summed E-state index contributed by atoms with van der Waals surface area (Å²) in [5.41, 5.74) is 0. The van der Waals surface area contributed by atoms with Gasteiger partial charge in [-0.25, -0.2) is 0 Å². The quantitative estimate of drug-likeness (QED) is 0.117. The van der Waals surface area contributed by atoms with Gasteiger partial charge in [-0.1, -0.05) is 0 Å². The molecule has 0 heterocycles. The van der Waals surface area contributed by atoms with Gasteiger partial charge in [0, 0.05) is 21.3 Å². The van der Waals surface area contributed by atoms with Crippen molar-refractivity contribution < 1.29 is 57.0 Å². The Morgan fingerprint density at radius 2 is 0.788 bits per heavy atom. The zero-order chi connectivity index (χ0) is 24.3. The monoisotopic (exact) mass is 480 g/mol. The summed E-state index contributed by atoms with van der Waals surface area (Å²) in [4.78, 5) is 37.6. The molecule has 0 aromatic heterocycles. The van der Waals surface area contributed by atoms with E-state index in [1.807, 2.05) is 0 Å². The van der Waals surface area contributed by atoms with Crippen molar-refractivity contribution in [3.63, 3.8) is 0 Å². The predicted octanol–water partition coefficient (Wildman–Crippen LogP) is 0.510. The Morgan fingerprint density at radius 1 is 0.515 bits per heavy atom. The van der Waals surface area contributed by atoms with Gasteiger partial charge < -0.3 is 42.6 Å². The second-order valence-corrected chi connectivity index (χ2v) is 7.24. The molecule has 0 radical (unpaired) electrons. The first kappa shape index (κ1) is 29.2. The second kappa shape index (κ2) is 18.6. The summed E-state index contributed by atoms with van der Waals surface area (Å²) in [6.07, 6.45) is 0.547. The highest BCUT2D eigenvalue weighted by Gasteiger charge is 2.41. The molecule has 1 aliphatic rings. The van der Waals surface area contributed by atoms with Crippen molar-refractivity contribution in [3.05, 3.63) is 0 Å². The number of methoxy groups -OCH3 is 3. The lowest BCUT2D eigenvalue weighted by molar-refractivity contribution is -0.174. The van der Waals surface area contributed by atoms with E-state index in [-0.39, 0.29) is 59.5 Å². The van der Waals surface area contributed by atoms with E-state index in [9.17, 15) is 14.4 Å². The molecule has 0 unspecified atom stereocenters. The highest BCUT2D eigenvalue weighted by molar-refractivity contribution is 5.80. The lowest BCUT2D eigenvalue weighted by atomic mass is 9.75. The fraction of sp³-hybridized carbons (Fsp3) is 0.857. The minimum absolute atomic E-state index is 0.182. The van der Waals surface area contributed by atoms with Crippen LogP contribution in [0.5, 0.6) is 0 Å². The van der Waals surface area contributed by atoms with Crippen LogP contribution in [0.1, 0.15) is 19.3 Å². The lowest BCUT2D eigenvalue weighted by Gasteiger charge is -2.31. The molecule has 0 bridgehead atoms. The Labute approximate surface area is 194 Å². The van der Waals surface area contributed by atoms with Crippen molar-refractivity contribution >= 4 is 17.9 Å². The maximum Gasteiger partial charge on any atom is 0.311 e. The van der Waals surface area contributed by atoms with Crippen molar-refractivity contribution in [2.75, 3.05) is 81.3 Å². The van der Waals surface area contributed by atoms with Crippen molar-refractivity contribution in [1.29, 1.82) is 0 Å². The summed E-state index contributed by atoms with van der Waals surface area (Å²) < 4.78 is 45.4. The molecule has 12 nitrogen and oxygen atoms in total. The van der Waals surface area contributed by atoms with Gasteiger partial charge in [-0.05, 0) is 19.3 Å². The molecule has 192 valence electrons. The molecule has 0 N–H and O–H groups in total. The van der Waals surface area contributed by atoms with Crippen molar-refractivity contribution in [2.24, 2.45) is 17.8 Å². The zero-order valence-electron chi connectivity index (χ0n) is 19.6. The average molecular weight is 481 g/mol. The van der Waals surface area contributed by atoms with Gasteiger partial charge in [0.1, 0.15) is 0 Å². The smallest absolute Gasteiger partial charge is 0.311 e. The minimum Gasteiger partial charge on any atom is -0.438 e. The van der Waals surface area contributed by atoms with Gasteiger partial charge in [0.25, 0.3) is 0 Å². The van der Waals surface area contributed by atoms with Gasteiger partial charge in [0.05, 0.1) is 57.4 Å². The zero-order valence-corrected chi connectivity index (χ0v) is 19.6. The van der Waals surface area contributed by atoms with Crippen molar-refractivity contribution in [1.82, 2.24) is 0 Å². The highest BCUT2D eigenvalue weighted by atomic mass is 16.7. The van der Waals surface area contributed by atoms with E-state index in [4.69, 9.17) is 42.6 Å². The first-order valence-corrected chi connectivity index (χ1v) is 10.7. The average Bonchev–Trinajstić information content (AvgIpc) is 2.83. The van der Waals surface area contributed by atoms with Crippen LogP contribution in [0.3, 0.4) is 0 Å². The fourth-order valence-corrected chi connectivity index (χ4v) is 3.15. The Balaban J connectivity index is 2.62. The summed E-state index contributed by atoms with van der Waals surface area (Å²) in [6, 6.07) is 0. The normalized spacial score (nSPS) is 20.3. The predicted molar refractivity (Wildman–Crippen MR) is 111 cm³/mol. The molecule has 33 heavy (non-hydrogen) atoms. The van der Waals surface area contributed by atoms with Gasteiger partial charge >= 0.3 is 17.9 Å². The number of carbonyl (C=O) groups excluding carboxylic acids is 3. The minimum atomic E-state index is -0.691. The number of hydrogen-bond donors (Lipinski definition) is 0. The standard InChI is InChI=1S/C21H36O12/c1-25-4-7-28-13-31-19(22)16-10-17(20(23)32-14-29-8-5-26-2)12-18(11-16)21(24)33-15-30-9-6-27-3/h16-18H,4-15H2,1-3H3. The number of rotatable bonds is 18. The van der Waals surface area contributed by atoms with Gasteiger partial charge in [-0.3, -0.25) is 14.4 Å². The molecule has 0 aromatic carbocycles. The maximum absolute atomic E-state index is 12.5. The Morgan fingerprint density at radius 3 is 1.03 bits per heavy atom. The molecule has 0 aliphatic heterocycles. The maximum atomic E-state index is 12.5.